The van der Waals surface area contributed by atoms with E-state index in [4.69, 9.17) is 10.5 Å². The van der Waals surface area contributed by atoms with Crippen LogP contribution < -0.4 is 15.8 Å². The molecule has 4 nitrogen and oxygen atoms in total. The Morgan fingerprint density at radius 3 is 2.61 bits per heavy atom. The van der Waals surface area contributed by atoms with Gasteiger partial charge in [0.25, 0.3) is 5.91 Å². The molecule has 1 aromatic rings. The molecule has 0 heterocycles. The molecule has 0 aromatic heterocycles. The van der Waals surface area contributed by atoms with E-state index in [0.29, 0.717) is 18.2 Å². The minimum Gasteiger partial charge on any atom is -0.484 e. The minimum absolute atomic E-state index is 0.00525. The smallest absolute Gasteiger partial charge is 0.257 e. The van der Waals surface area contributed by atoms with E-state index in [1.165, 1.54) is 0 Å². The maximum Gasteiger partial charge on any atom is 0.257 e. The van der Waals surface area contributed by atoms with Crippen LogP contribution in [0, 0.1) is 5.92 Å². The molecule has 1 amide bonds. The summed E-state index contributed by atoms with van der Waals surface area (Å²) in [5.41, 5.74) is 5.87. The summed E-state index contributed by atoms with van der Waals surface area (Å²) in [6, 6.07) is 9.27. The molecule has 100 valence electrons. The van der Waals surface area contributed by atoms with Gasteiger partial charge in [-0.2, -0.15) is 0 Å². The van der Waals surface area contributed by atoms with E-state index >= 15 is 0 Å². The van der Waals surface area contributed by atoms with E-state index in [9.17, 15) is 4.79 Å². The molecule has 0 saturated heterocycles. The topological polar surface area (TPSA) is 64.3 Å². The third kappa shape index (κ3) is 6.25. The van der Waals surface area contributed by atoms with Gasteiger partial charge >= 0.3 is 0 Å². The van der Waals surface area contributed by atoms with Crippen LogP contribution in [0.1, 0.15) is 20.3 Å². The van der Waals surface area contributed by atoms with E-state index < -0.39 is 0 Å². The van der Waals surface area contributed by atoms with Crippen molar-refractivity contribution < 1.29 is 9.53 Å². The Morgan fingerprint density at radius 1 is 1.33 bits per heavy atom. The van der Waals surface area contributed by atoms with Crippen molar-refractivity contribution in [3.63, 3.8) is 0 Å². The summed E-state index contributed by atoms with van der Waals surface area (Å²) in [5, 5.41) is 2.77. The van der Waals surface area contributed by atoms with Gasteiger partial charge in [0, 0.05) is 12.6 Å². The van der Waals surface area contributed by atoms with Crippen LogP contribution in [0.2, 0.25) is 0 Å². The molecule has 0 aliphatic carbocycles. The van der Waals surface area contributed by atoms with E-state index in [2.05, 4.69) is 19.2 Å². The maximum atomic E-state index is 11.5. The van der Waals surface area contributed by atoms with Crippen molar-refractivity contribution in [2.45, 2.75) is 26.3 Å². The van der Waals surface area contributed by atoms with Crippen LogP contribution in [0.25, 0.3) is 0 Å². The number of carbonyl (C=O) groups is 1. The number of nitrogens with two attached hydrogens (primary N) is 1. The Morgan fingerprint density at radius 2 is 2.00 bits per heavy atom. The number of ether oxygens (including phenoxy) is 1. The van der Waals surface area contributed by atoms with Gasteiger partial charge in [0.2, 0.25) is 0 Å². The zero-order valence-corrected chi connectivity index (χ0v) is 11.1. The molecule has 0 aliphatic rings. The van der Waals surface area contributed by atoms with Crippen molar-refractivity contribution in [1.82, 2.24) is 5.32 Å². The minimum atomic E-state index is -0.141. The van der Waals surface area contributed by atoms with Crippen molar-refractivity contribution in [3.05, 3.63) is 30.3 Å². The fraction of sp³-hybridized carbons (Fsp3) is 0.500. The summed E-state index contributed by atoms with van der Waals surface area (Å²) in [6.45, 7) is 4.74. The molecule has 0 spiro atoms. The van der Waals surface area contributed by atoms with Crippen LogP contribution in [0.15, 0.2) is 30.3 Å². The maximum absolute atomic E-state index is 11.5. The lowest BCUT2D eigenvalue weighted by atomic mass is 10.0. The van der Waals surface area contributed by atoms with Crippen LogP contribution in [0.4, 0.5) is 0 Å². The van der Waals surface area contributed by atoms with Gasteiger partial charge in [0.15, 0.2) is 6.61 Å². The summed E-state index contributed by atoms with van der Waals surface area (Å²) in [7, 11) is 0. The fourth-order valence-electron chi connectivity index (χ4n) is 1.65. The van der Waals surface area contributed by atoms with Crippen molar-refractivity contribution in [2.24, 2.45) is 11.7 Å². The highest BCUT2D eigenvalue weighted by Crippen LogP contribution is 2.07. The normalized spacial score (nSPS) is 12.2. The highest BCUT2D eigenvalue weighted by Gasteiger charge is 2.08. The van der Waals surface area contributed by atoms with E-state index in [0.717, 1.165) is 6.42 Å². The van der Waals surface area contributed by atoms with Crippen LogP contribution in [-0.4, -0.2) is 25.1 Å². The lowest BCUT2D eigenvalue weighted by Crippen LogP contribution is -2.39. The number of benzene rings is 1. The van der Waals surface area contributed by atoms with Crippen molar-refractivity contribution in [2.75, 3.05) is 13.2 Å². The number of amides is 1. The molecule has 18 heavy (non-hydrogen) atoms. The fourth-order valence-corrected chi connectivity index (χ4v) is 1.65. The predicted molar refractivity (Wildman–Crippen MR) is 72.4 cm³/mol. The summed E-state index contributed by atoms with van der Waals surface area (Å²) in [5.74, 6) is 1.09. The summed E-state index contributed by atoms with van der Waals surface area (Å²) in [6.07, 6.45) is 0.903. The monoisotopic (exact) mass is 250 g/mol. The molecule has 1 rings (SSSR count). The number of para-hydroxylation sites is 1. The van der Waals surface area contributed by atoms with Gasteiger partial charge in [-0.05, 0) is 24.5 Å². The molecule has 0 fully saturated rings. The highest BCUT2D eigenvalue weighted by atomic mass is 16.5. The first-order chi connectivity index (χ1) is 8.58. The van der Waals surface area contributed by atoms with Gasteiger partial charge in [0.05, 0.1) is 0 Å². The van der Waals surface area contributed by atoms with Crippen LogP contribution in [0.5, 0.6) is 5.75 Å². The molecular weight excluding hydrogens is 228 g/mol. The lowest BCUT2D eigenvalue weighted by molar-refractivity contribution is -0.123. The van der Waals surface area contributed by atoms with E-state index in [-0.39, 0.29) is 18.6 Å². The Hall–Kier alpha value is -1.55. The van der Waals surface area contributed by atoms with Crippen LogP contribution in [0.3, 0.4) is 0 Å². The first kappa shape index (κ1) is 14.5. The average Bonchev–Trinajstić information content (AvgIpc) is 2.34. The van der Waals surface area contributed by atoms with Crippen molar-refractivity contribution in [3.8, 4) is 5.75 Å². The second-order valence-corrected chi connectivity index (χ2v) is 4.80. The second-order valence-electron chi connectivity index (χ2n) is 4.80. The van der Waals surface area contributed by atoms with Gasteiger partial charge in [-0.25, -0.2) is 0 Å². The number of rotatable bonds is 7. The molecule has 0 aliphatic heterocycles. The Balaban J connectivity index is 2.18. The third-order valence-corrected chi connectivity index (χ3v) is 2.45. The molecule has 4 heteroatoms. The Bertz CT molecular complexity index is 352. The van der Waals surface area contributed by atoms with Crippen molar-refractivity contribution in [1.29, 1.82) is 0 Å². The average molecular weight is 250 g/mol. The number of hydrogen-bond acceptors (Lipinski definition) is 3. The predicted octanol–water partition coefficient (Wildman–Crippen LogP) is 1.55. The van der Waals surface area contributed by atoms with E-state index in [1.807, 2.05) is 30.3 Å². The van der Waals surface area contributed by atoms with Gasteiger partial charge in [-0.1, -0.05) is 32.0 Å². The summed E-state index contributed by atoms with van der Waals surface area (Å²) in [4.78, 5) is 11.5. The zero-order valence-electron chi connectivity index (χ0n) is 11.1. The van der Waals surface area contributed by atoms with Gasteiger partial charge in [0.1, 0.15) is 5.75 Å². The number of nitrogens with one attached hydrogen (secondary N) is 1. The molecule has 0 bridgehead atoms. The highest BCUT2D eigenvalue weighted by molar-refractivity contribution is 5.77. The molecule has 1 aromatic carbocycles. The summed E-state index contributed by atoms with van der Waals surface area (Å²) < 4.78 is 5.33. The van der Waals surface area contributed by atoms with E-state index in [1.54, 1.807) is 0 Å². The lowest BCUT2D eigenvalue weighted by Gasteiger charge is -2.14. The zero-order chi connectivity index (χ0) is 13.4. The van der Waals surface area contributed by atoms with Crippen molar-refractivity contribution >= 4 is 5.91 Å². The number of hydrogen-bond donors (Lipinski definition) is 2. The van der Waals surface area contributed by atoms with Crippen LogP contribution in [-0.2, 0) is 4.79 Å². The van der Waals surface area contributed by atoms with Gasteiger partial charge < -0.3 is 15.8 Å². The third-order valence-electron chi connectivity index (χ3n) is 2.45. The second kappa shape index (κ2) is 7.71. The first-order valence-electron chi connectivity index (χ1n) is 6.28. The molecule has 3 N–H and O–H groups in total. The Kier molecular flexibility index (Phi) is 6.22. The number of carbonyl (C=O) groups excluding carboxylic acids is 1. The van der Waals surface area contributed by atoms with Gasteiger partial charge in [-0.3, -0.25) is 4.79 Å². The first-order valence-corrected chi connectivity index (χ1v) is 6.28. The van der Waals surface area contributed by atoms with Crippen LogP contribution >= 0.6 is 0 Å². The van der Waals surface area contributed by atoms with Gasteiger partial charge in [-0.15, -0.1) is 0 Å². The molecule has 1 atom stereocenters. The molecule has 0 radical (unpaired) electrons. The quantitative estimate of drug-likeness (QED) is 0.771. The SMILES string of the molecule is CC(C)CC(N)CNC(=O)COc1ccccc1. The molecular formula is C14H22N2O2. The standard InChI is InChI=1S/C14H22N2O2/c1-11(2)8-12(15)9-16-14(17)10-18-13-6-4-3-5-7-13/h3-7,11-12H,8-10,15H2,1-2H3,(H,16,17). The summed E-state index contributed by atoms with van der Waals surface area (Å²) >= 11 is 0. The molecule has 1 unspecified atom stereocenters. The largest absolute Gasteiger partial charge is 0.484 e. The molecule has 0 saturated carbocycles. The Labute approximate surface area is 109 Å².